The Bertz CT molecular complexity index is 357. The number of hydrogen-bond acceptors (Lipinski definition) is 3. The number of halogens is 1. The Morgan fingerprint density at radius 3 is 2.39 bits per heavy atom. The van der Waals surface area contributed by atoms with Gasteiger partial charge in [-0.3, -0.25) is 0 Å². The summed E-state index contributed by atoms with van der Waals surface area (Å²) in [7, 11) is 6.07. The molecule has 0 aliphatic rings. The Labute approximate surface area is 109 Å². The minimum atomic E-state index is -0.729. The fourth-order valence-electron chi connectivity index (χ4n) is 1.73. The zero-order valence-electron chi connectivity index (χ0n) is 11.4. The molecule has 0 spiro atoms. The SMILES string of the molecule is CN(C)CCN(C)CCC(O)c1ccccc1F. The molecule has 0 aliphatic heterocycles. The number of benzene rings is 1. The van der Waals surface area contributed by atoms with Crippen LogP contribution in [-0.2, 0) is 0 Å². The van der Waals surface area contributed by atoms with E-state index in [4.69, 9.17) is 0 Å². The topological polar surface area (TPSA) is 26.7 Å². The van der Waals surface area contributed by atoms with E-state index in [-0.39, 0.29) is 5.82 Å². The molecule has 0 saturated carbocycles. The summed E-state index contributed by atoms with van der Waals surface area (Å²) in [6, 6.07) is 6.40. The maximum atomic E-state index is 13.4. The van der Waals surface area contributed by atoms with Crippen LogP contribution in [0.15, 0.2) is 24.3 Å². The van der Waals surface area contributed by atoms with Crippen molar-refractivity contribution in [2.75, 3.05) is 40.8 Å². The van der Waals surface area contributed by atoms with Gasteiger partial charge < -0.3 is 14.9 Å². The Morgan fingerprint density at radius 1 is 1.11 bits per heavy atom. The first kappa shape index (κ1) is 15.1. The van der Waals surface area contributed by atoms with Gasteiger partial charge >= 0.3 is 0 Å². The van der Waals surface area contributed by atoms with Crippen LogP contribution in [0.25, 0.3) is 0 Å². The first-order valence-electron chi connectivity index (χ1n) is 6.26. The lowest BCUT2D eigenvalue weighted by Crippen LogP contribution is -2.30. The molecule has 0 heterocycles. The molecule has 1 N–H and O–H groups in total. The Hall–Kier alpha value is -0.970. The highest BCUT2D eigenvalue weighted by Crippen LogP contribution is 2.19. The average Bonchev–Trinajstić information content (AvgIpc) is 2.34. The Morgan fingerprint density at radius 2 is 1.78 bits per heavy atom. The van der Waals surface area contributed by atoms with Crippen LogP contribution >= 0.6 is 0 Å². The van der Waals surface area contributed by atoms with Crippen molar-refractivity contribution < 1.29 is 9.50 Å². The molecule has 0 saturated heterocycles. The van der Waals surface area contributed by atoms with E-state index in [0.717, 1.165) is 19.6 Å². The van der Waals surface area contributed by atoms with Crippen molar-refractivity contribution in [3.63, 3.8) is 0 Å². The van der Waals surface area contributed by atoms with Gasteiger partial charge in [-0.2, -0.15) is 0 Å². The largest absolute Gasteiger partial charge is 0.388 e. The van der Waals surface area contributed by atoms with Crippen LogP contribution in [0.5, 0.6) is 0 Å². The number of hydrogen-bond donors (Lipinski definition) is 1. The third kappa shape index (κ3) is 5.12. The normalized spacial score (nSPS) is 13.3. The predicted molar refractivity (Wildman–Crippen MR) is 72.0 cm³/mol. The molecule has 0 aromatic heterocycles. The Kier molecular flexibility index (Phi) is 6.25. The lowest BCUT2D eigenvalue weighted by molar-refractivity contribution is 0.143. The first-order valence-corrected chi connectivity index (χ1v) is 6.26. The van der Waals surface area contributed by atoms with Gasteiger partial charge in [-0.05, 0) is 33.6 Å². The highest BCUT2D eigenvalue weighted by atomic mass is 19.1. The zero-order chi connectivity index (χ0) is 13.5. The fraction of sp³-hybridized carbons (Fsp3) is 0.571. The molecule has 0 aliphatic carbocycles. The van der Waals surface area contributed by atoms with Gasteiger partial charge in [-0.25, -0.2) is 4.39 Å². The zero-order valence-corrected chi connectivity index (χ0v) is 11.4. The first-order chi connectivity index (χ1) is 8.50. The Balaban J connectivity index is 2.37. The van der Waals surface area contributed by atoms with Crippen molar-refractivity contribution in [1.29, 1.82) is 0 Å². The van der Waals surface area contributed by atoms with Crippen LogP contribution in [0.4, 0.5) is 4.39 Å². The molecule has 4 heteroatoms. The van der Waals surface area contributed by atoms with Gasteiger partial charge in [0, 0.05) is 25.2 Å². The van der Waals surface area contributed by atoms with Crippen molar-refractivity contribution in [3.05, 3.63) is 35.6 Å². The van der Waals surface area contributed by atoms with Gasteiger partial charge in [0.15, 0.2) is 0 Å². The number of rotatable bonds is 7. The summed E-state index contributed by atoms with van der Waals surface area (Å²) >= 11 is 0. The molecular weight excluding hydrogens is 231 g/mol. The summed E-state index contributed by atoms with van der Waals surface area (Å²) in [6.45, 7) is 2.67. The summed E-state index contributed by atoms with van der Waals surface area (Å²) in [5.74, 6) is -0.332. The van der Waals surface area contributed by atoms with E-state index < -0.39 is 6.10 Å². The smallest absolute Gasteiger partial charge is 0.128 e. The van der Waals surface area contributed by atoms with Crippen LogP contribution in [0.1, 0.15) is 18.1 Å². The minimum Gasteiger partial charge on any atom is -0.388 e. The van der Waals surface area contributed by atoms with Crippen molar-refractivity contribution in [1.82, 2.24) is 9.80 Å². The fourth-order valence-corrected chi connectivity index (χ4v) is 1.73. The molecule has 1 atom stereocenters. The van der Waals surface area contributed by atoms with Gasteiger partial charge in [-0.15, -0.1) is 0 Å². The molecule has 102 valence electrons. The number of nitrogens with zero attached hydrogens (tertiary/aromatic N) is 2. The molecule has 3 nitrogen and oxygen atoms in total. The molecule has 18 heavy (non-hydrogen) atoms. The van der Waals surface area contributed by atoms with Gasteiger partial charge in [0.05, 0.1) is 6.10 Å². The third-order valence-electron chi connectivity index (χ3n) is 2.98. The van der Waals surface area contributed by atoms with E-state index in [2.05, 4.69) is 9.80 Å². The summed E-state index contributed by atoms with van der Waals surface area (Å²) in [4.78, 5) is 4.26. The molecule has 0 radical (unpaired) electrons. The van der Waals surface area contributed by atoms with E-state index in [9.17, 15) is 9.50 Å². The van der Waals surface area contributed by atoms with Crippen molar-refractivity contribution in [2.24, 2.45) is 0 Å². The average molecular weight is 254 g/mol. The summed E-state index contributed by atoms with van der Waals surface area (Å²) in [5, 5.41) is 9.95. The van der Waals surface area contributed by atoms with Crippen LogP contribution < -0.4 is 0 Å². The van der Waals surface area contributed by atoms with Crippen LogP contribution in [0.2, 0.25) is 0 Å². The van der Waals surface area contributed by atoms with Gasteiger partial charge in [0.1, 0.15) is 5.82 Å². The van der Waals surface area contributed by atoms with E-state index in [0.29, 0.717) is 12.0 Å². The number of likely N-dealkylation sites (N-methyl/N-ethyl adjacent to an activating group) is 2. The second-order valence-corrected chi connectivity index (χ2v) is 4.93. The van der Waals surface area contributed by atoms with Crippen LogP contribution in [0, 0.1) is 5.82 Å². The van der Waals surface area contributed by atoms with Crippen molar-refractivity contribution in [3.8, 4) is 0 Å². The van der Waals surface area contributed by atoms with Crippen LogP contribution in [0.3, 0.4) is 0 Å². The molecule has 0 fully saturated rings. The van der Waals surface area contributed by atoms with Crippen molar-refractivity contribution >= 4 is 0 Å². The molecule has 0 bridgehead atoms. The predicted octanol–water partition coefficient (Wildman–Crippen LogP) is 1.74. The van der Waals surface area contributed by atoms with E-state index >= 15 is 0 Å². The molecule has 1 aromatic rings. The lowest BCUT2D eigenvalue weighted by atomic mass is 10.1. The summed E-state index contributed by atoms with van der Waals surface area (Å²) < 4.78 is 13.4. The standard InChI is InChI=1S/C14H23FN2O/c1-16(2)10-11-17(3)9-8-14(18)12-6-4-5-7-13(12)15/h4-7,14,18H,8-11H2,1-3H3. The van der Waals surface area contributed by atoms with Crippen LogP contribution in [-0.4, -0.2) is 55.7 Å². The lowest BCUT2D eigenvalue weighted by Gasteiger charge is -2.21. The maximum absolute atomic E-state index is 13.4. The molecule has 0 amide bonds. The quantitative estimate of drug-likeness (QED) is 0.803. The second-order valence-electron chi connectivity index (χ2n) is 4.93. The second kappa shape index (κ2) is 7.46. The van der Waals surface area contributed by atoms with E-state index in [1.54, 1.807) is 18.2 Å². The monoisotopic (exact) mass is 254 g/mol. The van der Waals surface area contributed by atoms with Gasteiger partial charge in [0.2, 0.25) is 0 Å². The number of aliphatic hydroxyl groups excluding tert-OH is 1. The summed E-state index contributed by atoms with van der Waals surface area (Å²) in [5.41, 5.74) is 0.388. The highest BCUT2D eigenvalue weighted by Gasteiger charge is 2.12. The number of aliphatic hydroxyl groups is 1. The highest BCUT2D eigenvalue weighted by molar-refractivity contribution is 5.19. The summed E-state index contributed by atoms with van der Waals surface area (Å²) in [6.07, 6.45) is -0.182. The minimum absolute atomic E-state index is 0.332. The third-order valence-corrected chi connectivity index (χ3v) is 2.98. The molecule has 1 unspecified atom stereocenters. The molecule has 1 rings (SSSR count). The van der Waals surface area contributed by atoms with Crippen molar-refractivity contribution in [2.45, 2.75) is 12.5 Å². The molecular formula is C14H23FN2O. The molecule has 1 aromatic carbocycles. The maximum Gasteiger partial charge on any atom is 0.128 e. The van der Waals surface area contributed by atoms with Gasteiger partial charge in [-0.1, -0.05) is 18.2 Å². The van der Waals surface area contributed by atoms with E-state index in [1.165, 1.54) is 6.07 Å². The van der Waals surface area contributed by atoms with Gasteiger partial charge in [0.25, 0.3) is 0 Å². The van der Waals surface area contributed by atoms with E-state index in [1.807, 2.05) is 21.1 Å².